The minimum atomic E-state index is -0.556. The summed E-state index contributed by atoms with van der Waals surface area (Å²) in [5.74, 6) is 2.06. The van der Waals surface area contributed by atoms with Crippen LogP contribution in [0.3, 0.4) is 0 Å². The minimum absolute atomic E-state index is 0.0846. The van der Waals surface area contributed by atoms with Crippen LogP contribution < -0.4 is 15.5 Å². The molecule has 2 aliphatic rings. The molecule has 1 aliphatic carbocycles. The third-order valence-electron chi connectivity index (χ3n) is 7.13. The quantitative estimate of drug-likeness (QED) is 0.428. The standard InChI is InChI=1S/C28H38FN9O2/c1-16-12-23(35-36(16)7)32-25-21(37-10-11-38(17(2)15-37)27(39)40-28(4,5)6)14-30-26(34-25)33-22-13-20(19-8-9-19)24(29)18(3)31-22/h12-14,17,19H,8-11,15H2,1-7H3,(H2,30,31,32,33,34,35). The van der Waals surface area contributed by atoms with Gasteiger partial charge in [0.15, 0.2) is 11.6 Å². The summed E-state index contributed by atoms with van der Waals surface area (Å²) in [6.45, 7) is 12.9. The molecule has 1 saturated carbocycles. The Morgan fingerprint density at radius 1 is 1.10 bits per heavy atom. The monoisotopic (exact) mass is 551 g/mol. The van der Waals surface area contributed by atoms with E-state index < -0.39 is 5.60 Å². The van der Waals surface area contributed by atoms with Gasteiger partial charge in [0.05, 0.1) is 17.6 Å². The lowest BCUT2D eigenvalue weighted by atomic mass is 10.1. The Hall–Kier alpha value is -3.96. The van der Waals surface area contributed by atoms with Crippen molar-refractivity contribution in [3.63, 3.8) is 0 Å². The van der Waals surface area contributed by atoms with E-state index in [0.717, 1.165) is 24.2 Å². The molecule has 3 aromatic heterocycles. The second-order valence-corrected chi connectivity index (χ2v) is 11.7. The summed E-state index contributed by atoms with van der Waals surface area (Å²) >= 11 is 0. The van der Waals surface area contributed by atoms with Crippen LogP contribution in [0, 0.1) is 19.7 Å². The number of piperazine rings is 1. The normalized spacial score (nSPS) is 17.6. The highest BCUT2D eigenvalue weighted by Gasteiger charge is 2.32. The van der Waals surface area contributed by atoms with Crippen molar-refractivity contribution in [1.82, 2.24) is 29.6 Å². The molecule has 0 radical (unpaired) electrons. The second-order valence-electron chi connectivity index (χ2n) is 11.7. The van der Waals surface area contributed by atoms with E-state index in [2.05, 4.69) is 30.6 Å². The van der Waals surface area contributed by atoms with E-state index in [1.54, 1.807) is 28.8 Å². The Morgan fingerprint density at radius 2 is 1.85 bits per heavy atom. The molecule has 1 unspecified atom stereocenters. The molecule has 2 fully saturated rings. The fraction of sp³-hybridized carbons (Fsp3) is 0.536. The van der Waals surface area contributed by atoms with E-state index >= 15 is 0 Å². The summed E-state index contributed by atoms with van der Waals surface area (Å²) in [6.07, 6.45) is 3.41. The van der Waals surface area contributed by atoms with Gasteiger partial charge in [-0.05, 0) is 71.9 Å². The van der Waals surface area contributed by atoms with Crippen LogP contribution in [0.15, 0.2) is 18.3 Å². The molecule has 12 heteroatoms. The first kappa shape index (κ1) is 27.6. The van der Waals surface area contributed by atoms with Gasteiger partial charge in [-0.3, -0.25) is 4.68 Å². The first-order valence-corrected chi connectivity index (χ1v) is 13.7. The molecule has 0 aromatic carbocycles. The number of rotatable bonds is 6. The van der Waals surface area contributed by atoms with Crippen LogP contribution in [-0.2, 0) is 11.8 Å². The smallest absolute Gasteiger partial charge is 0.410 e. The number of aromatic nitrogens is 5. The molecule has 3 aromatic rings. The van der Waals surface area contributed by atoms with Crippen molar-refractivity contribution < 1.29 is 13.9 Å². The van der Waals surface area contributed by atoms with Crippen LogP contribution in [0.2, 0.25) is 0 Å². The molecule has 11 nitrogen and oxygen atoms in total. The first-order valence-electron chi connectivity index (χ1n) is 13.7. The number of amides is 1. The Morgan fingerprint density at radius 3 is 2.48 bits per heavy atom. The Bertz CT molecular complexity index is 1390. The van der Waals surface area contributed by atoms with Crippen molar-refractivity contribution in [1.29, 1.82) is 0 Å². The van der Waals surface area contributed by atoms with Gasteiger partial charge in [0.25, 0.3) is 0 Å². The minimum Gasteiger partial charge on any atom is -0.444 e. The van der Waals surface area contributed by atoms with E-state index in [-0.39, 0.29) is 23.9 Å². The average molecular weight is 552 g/mol. The Balaban J connectivity index is 1.41. The molecule has 40 heavy (non-hydrogen) atoms. The Labute approximate surface area is 234 Å². The largest absolute Gasteiger partial charge is 0.444 e. The van der Waals surface area contributed by atoms with Gasteiger partial charge in [0.1, 0.15) is 17.2 Å². The number of nitrogens with one attached hydrogen (secondary N) is 2. The van der Waals surface area contributed by atoms with Crippen LogP contribution >= 0.6 is 0 Å². The summed E-state index contributed by atoms with van der Waals surface area (Å²) in [7, 11) is 1.88. The van der Waals surface area contributed by atoms with Gasteiger partial charge in [0, 0.05) is 44.5 Å². The third-order valence-corrected chi connectivity index (χ3v) is 7.13. The number of halogens is 1. The van der Waals surface area contributed by atoms with E-state index in [4.69, 9.17) is 9.72 Å². The number of ether oxygens (including phenoxy) is 1. The van der Waals surface area contributed by atoms with Crippen LogP contribution in [0.1, 0.15) is 63.4 Å². The number of anilines is 5. The maximum atomic E-state index is 14.6. The molecule has 1 atom stereocenters. The predicted octanol–water partition coefficient (Wildman–Crippen LogP) is 5.17. The van der Waals surface area contributed by atoms with E-state index in [1.165, 1.54) is 0 Å². The zero-order valence-corrected chi connectivity index (χ0v) is 24.2. The highest BCUT2D eigenvalue weighted by Crippen LogP contribution is 2.42. The maximum absolute atomic E-state index is 14.6. The molecule has 0 spiro atoms. The molecule has 4 heterocycles. The van der Waals surface area contributed by atoms with Gasteiger partial charge >= 0.3 is 6.09 Å². The first-order chi connectivity index (χ1) is 18.9. The van der Waals surface area contributed by atoms with Gasteiger partial charge in [0.2, 0.25) is 5.95 Å². The van der Waals surface area contributed by atoms with Gasteiger partial charge in [-0.25, -0.2) is 19.2 Å². The van der Waals surface area contributed by atoms with Crippen molar-refractivity contribution >= 4 is 35.2 Å². The van der Waals surface area contributed by atoms with Crippen LogP contribution in [0.4, 0.5) is 38.3 Å². The molecular weight excluding hydrogens is 513 g/mol. The third kappa shape index (κ3) is 6.10. The number of aryl methyl sites for hydroxylation is 3. The maximum Gasteiger partial charge on any atom is 0.410 e. The number of carbonyl (C=O) groups is 1. The van der Waals surface area contributed by atoms with Gasteiger partial charge in [-0.2, -0.15) is 10.1 Å². The lowest BCUT2D eigenvalue weighted by molar-refractivity contribution is 0.0159. The molecule has 1 amide bonds. The van der Waals surface area contributed by atoms with Crippen LogP contribution in [-0.4, -0.2) is 67.0 Å². The summed E-state index contributed by atoms with van der Waals surface area (Å²) in [5.41, 5.74) is 2.26. The number of hydrogen-bond donors (Lipinski definition) is 2. The van der Waals surface area contributed by atoms with Crippen molar-refractivity contribution in [3.8, 4) is 0 Å². The van der Waals surface area contributed by atoms with Crippen LogP contribution in [0.25, 0.3) is 0 Å². The van der Waals surface area contributed by atoms with Crippen molar-refractivity contribution in [2.45, 2.75) is 71.9 Å². The zero-order valence-electron chi connectivity index (χ0n) is 24.2. The molecule has 214 valence electrons. The number of carbonyl (C=O) groups excluding carboxylic acids is 1. The topological polar surface area (TPSA) is 113 Å². The summed E-state index contributed by atoms with van der Waals surface area (Å²) < 4.78 is 22.0. The zero-order chi connectivity index (χ0) is 28.8. The lowest BCUT2D eigenvalue weighted by Gasteiger charge is -2.41. The molecule has 0 bridgehead atoms. The fourth-order valence-electron chi connectivity index (χ4n) is 4.82. The molecule has 1 saturated heterocycles. The van der Waals surface area contributed by atoms with Crippen molar-refractivity contribution in [2.24, 2.45) is 7.05 Å². The number of pyridine rings is 1. The molecule has 5 rings (SSSR count). The Kier molecular flexibility index (Phi) is 7.28. The van der Waals surface area contributed by atoms with Gasteiger partial charge in [-0.1, -0.05) is 0 Å². The highest BCUT2D eigenvalue weighted by molar-refractivity contribution is 5.73. The molecule has 2 N–H and O–H groups in total. The second kappa shape index (κ2) is 10.5. The molecule has 1 aliphatic heterocycles. The number of nitrogens with zero attached hydrogens (tertiary/aromatic N) is 7. The van der Waals surface area contributed by atoms with Crippen molar-refractivity contribution in [3.05, 3.63) is 41.1 Å². The number of hydrogen-bond acceptors (Lipinski definition) is 9. The summed E-state index contributed by atoms with van der Waals surface area (Å²) in [5, 5.41) is 11.0. The van der Waals surface area contributed by atoms with Gasteiger partial charge in [-0.15, -0.1) is 0 Å². The van der Waals surface area contributed by atoms with E-state index in [9.17, 15) is 9.18 Å². The lowest BCUT2D eigenvalue weighted by Crippen LogP contribution is -2.55. The predicted molar refractivity (Wildman–Crippen MR) is 152 cm³/mol. The van der Waals surface area contributed by atoms with E-state index in [1.807, 2.05) is 47.7 Å². The van der Waals surface area contributed by atoms with Gasteiger partial charge < -0.3 is 25.2 Å². The van der Waals surface area contributed by atoms with E-state index in [0.29, 0.717) is 54.3 Å². The average Bonchev–Trinajstić information content (AvgIpc) is 3.65. The SMILES string of the molecule is Cc1nc(Nc2ncc(N3CCN(C(=O)OC(C)(C)C)C(C)C3)c(Nc3cc(C)n(C)n3)n2)cc(C2CC2)c1F. The molecular formula is C28H38FN9O2. The van der Waals surface area contributed by atoms with Crippen molar-refractivity contribution in [2.75, 3.05) is 35.2 Å². The fourth-order valence-corrected chi connectivity index (χ4v) is 4.82. The van der Waals surface area contributed by atoms with Crippen LogP contribution in [0.5, 0.6) is 0 Å². The highest BCUT2D eigenvalue weighted by atomic mass is 19.1. The summed E-state index contributed by atoms with van der Waals surface area (Å²) in [4.78, 5) is 30.4. The summed E-state index contributed by atoms with van der Waals surface area (Å²) in [6, 6.07) is 3.61.